The van der Waals surface area contributed by atoms with Crippen molar-refractivity contribution in [3.05, 3.63) is 29.1 Å². The Morgan fingerprint density at radius 3 is 2.53 bits per heavy atom. The van der Waals surface area contributed by atoms with Gasteiger partial charge in [0.1, 0.15) is 11.6 Å². The monoisotopic (exact) mass is 212 g/mol. The third-order valence-corrected chi connectivity index (χ3v) is 2.35. The number of hydrogen-bond acceptors (Lipinski definition) is 2. The highest BCUT2D eigenvalue weighted by atomic mass is 19.1. The van der Waals surface area contributed by atoms with Crippen LogP contribution < -0.4 is 4.74 Å². The molecule has 0 unspecified atom stereocenters. The predicted octanol–water partition coefficient (Wildman–Crippen LogP) is 2.49. The highest BCUT2D eigenvalue weighted by molar-refractivity contribution is 5.40. The summed E-state index contributed by atoms with van der Waals surface area (Å²) in [5.74, 6) is 0.393. The summed E-state index contributed by atoms with van der Waals surface area (Å²) in [5, 5.41) is 8.79. The third kappa shape index (κ3) is 2.69. The molecule has 1 aromatic rings. The Hall–Kier alpha value is -1.09. The van der Waals surface area contributed by atoms with Crippen LogP contribution >= 0.6 is 0 Å². The molecule has 0 fully saturated rings. The Balaban J connectivity index is 3.18. The van der Waals surface area contributed by atoms with Crippen LogP contribution in [0, 0.1) is 5.82 Å². The average molecular weight is 212 g/mol. The summed E-state index contributed by atoms with van der Waals surface area (Å²) in [4.78, 5) is 0. The van der Waals surface area contributed by atoms with E-state index in [9.17, 15) is 4.39 Å². The van der Waals surface area contributed by atoms with Gasteiger partial charge in [0, 0.05) is 12.2 Å². The Bertz CT molecular complexity index is 335. The normalized spacial score (nSPS) is 10.8. The fraction of sp³-hybridized carbons (Fsp3) is 0.500. The summed E-state index contributed by atoms with van der Waals surface area (Å²) in [5.41, 5.74) is 1.36. The van der Waals surface area contributed by atoms with Crippen molar-refractivity contribution in [2.75, 3.05) is 13.7 Å². The van der Waals surface area contributed by atoms with Gasteiger partial charge in [-0.2, -0.15) is 0 Å². The molecule has 0 radical (unpaired) electrons. The van der Waals surface area contributed by atoms with E-state index >= 15 is 0 Å². The zero-order valence-corrected chi connectivity index (χ0v) is 9.38. The standard InChI is InChI=1S/C12H17FO2/c1-8(2)12-10(13)6-9(4-5-14)7-11(12)15-3/h6-8,14H,4-5H2,1-3H3. The fourth-order valence-corrected chi connectivity index (χ4v) is 1.65. The average Bonchev–Trinajstić information content (AvgIpc) is 2.16. The SMILES string of the molecule is COc1cc(CCO)cc(F)c1C(C)C. The predicted molar refractivity (Wildman–Crippen MR) is 57.8 cm³/mol. The number of hydrogen-bond donors (Lipinski definition) is 1. The van der Waals surface area contributed by atoms with E-state index in [2.05, 4.69) is 0 Å². The van der Waals surface area contributed by atoms with Crippen molar-refractivity contribution in [2.45, 2.75) is 26.2 Å². The zero-order chi connectivity index (χ0) is 11.4. The van der Waals surface area contributed by atoms with Crippen molar-refractivity contribution in [1.82, 2.24) is 0 Å². The molecule has 0 saturated carbocycles. The van der Waals surface area contributed by atoms with Gasteiger partial charge in [-0.25, -0.2) is 4.39 Å². The van der Waals surface area contributed by atoms with Crippen molar-refractivity contribution in [3.8, 4) is 5.75 Å². The minimum atomic E-state index is -0.257. The maximum Gasteiger partial charge on any atom is 0.130 e. The van der Waals surface area contributed by atoms with E-state index in [1.54, 1.807) is 6.07 Å². The lowest BCUT2D eigenvalue weighted by molar-refractivity contribution is 0.299. The number of aliphatic hydroxyl groups excluding tert-OH is 1. The largest absolute Gasteiger partial charge is 0.496 e. The van der Waals surface area contributed by atoms with Crippen molar-refractivity contribution < 1.29 is 14.2 Å². The highest BCUT2D eigenvalue weighted by Gasteiger charge is 2.14. The molecule has 84 valence electrons. The number of ether oxygens (including phenoxy) is 1. The van der Waals surface area contributed by atoms with Crippen molar-refractivity contribution in [3.63, 3.8) is 0 Å². The molecule has 1 aromatic carbocycles. The van der Waals surface area contributed by atoms with E-state index in [0.29, 0.717) is 17.7 Å². The minimum absolute atomic E-state index is 0.0175. The van der Waals surface area contributed by atoms with Crippen LogP contribution in [0.1, 0.15) is 30.9 Å². The van der Waals surface area contributed by atoms with Crippen LogP contribution in [-0.2, 0) is 6.42 Å². The second-order valence-electron chi connectivity index (χ2n) is 3.82. The summed E-state index contributed by atoms with van der Waals surface area (Å²) < 4.78 is 18.9. The van der Waals surface area contributed by atoms with Gasteiger partial charge in [-0.3, -0.25) is 0 Å². The molecule has 0 aromatic heterocycles. The van der Waals surface area contributed by atoms with Crippen LogP contribution in [0.25, 0.3) is 0 Å². The van der Waals surface area contributed by atoms with Crippen molar-refractivity contribution >= 4 is 0 Å². The first-order valence-electron chi connectivity index (χ1n) is 5.07. The van der Waals surface area contributed by atoms with Crippen LogP contribution in [0.5, 0.6) is 5.75 Å². The van der Waals surface area contributed by atoms with E-state index in [-0.39, 0.29) is 18.3 Å². The van der Waals surface area contributed by atoms with E-state index < -0.39 is 0 Å². The first kappa shape index (κ1) is 12.0. The zero-order valence-electron chi connectivity index (χ0n) is 9.38. The molecule has 0 heterocycles. The lowest BCUT2D eigenvalue weighted by atomic mass is 9.98. The molecule has 0 aliphatic carbocycles. The number of methoxy groups -OCH3 is 1. The highest BCUT2D eigenvalue weighted by Crippen LogP contribution is 2.30. The molecule has 0 spiro atoms. The molecule has 15 heavy (non-hydrogen) atoms. The van der Waals surface area contributed by atoms with Gasteiger partial charge < -0.3 is 9.84 Å². The van der Waals surface area contributed by atoms with Crippen LogP contribution in [-0.4, -0.2) is 18.8 Å². The molecule has 1 N–H and O–H groups in total. The fourth-order valence-electron chi connectivity index (χ4n) is 1.65. The maximum atomic E-state index is 13.7. The maximum absolute atomic E-state index is 13.7. The molecule has 0 aliphatic heterocycles. The van der Waals surface area contributed by atoms with Gasteiger partial charge >= 0.3 is 0 Å². The second-order valence-corrected chi connectivity index (χ2v) is 3.82. The Kier molecular flexibility index (Phi) is 4.09. The van der Waals surface area contributed by atoms with Crippen LogP contribution in [0.4, 0.5) is 4.39 Å². The van der Waals surface area contributed by atoms with Gasteiger partial charge in [0.2, 0.25) is 0 Å². The van der Waals surface area contributed by atoms with E-state index in [1.165, 1.54) is 13.2 Å². The first-order chi connectivity index (χ1) is 7.10. The van der Waals surface area contributed by atoms with Gasteiger partial charge in [-0.15, -0.1) is 0 Å². The summed E-state index contributed by atoms with van der Waals surface area (Å²) in [7, 11) is 1.53. The topological polar surface area (TPSA) is 29.5 Å². The summed E-state index contributed by atoms with van der Waals surface area (Å²) in [6, 6.07) is 3.25. The summed E-state index contributed by atoms with van der Waals surface area (Å²) >= 11 is 0. The molecular formula is C12H17FO2. The number of rotatable bonds is 4. The first-order valence-corrected chi connectivity index (χ1v) is 5.07. The van der Waals surface area contributed by atoms with E-state index in [4.69, 9.17) is 9.84 Å². The quantitative estimate of drug-likeness (QED) is 0.830. The summed E-state index contributed by atoms with van der Waals surface area (Å²) in [6.45, 7) is 3.86. The van der Waals surface area contributed by atoms with Crippen LogP contribution in [0.15, 0.2) is 12.1 Å². The van der Waals surface area contributed by atoms with E-state index in [1.807, 2.05) is 13.8 Å². The van der Waals surface area contributed by atoms with Crippen LogP contribution in [0.2, 0.25) is 0 Å². The number of benzene rings is 1. The Labute approximate surface area is 89.7 Å². The lowest BCUT2D eigenvalue weighted by Crippen LogP contribution is -2.01. The molecule has 2 nitrogen and oxygen atoms in total. The molecule has 3 heteroatoms. The smallest absolute Gasteiger partial charge is 0.130 e. The van der Waals surface area contributed by atoms with Gasteiger partial charge in [-0.1, -0.05) is 13.8 Å². The molecule has 0 bridgehead atoms. The van der Waals surface area contributed by atoms with Gasteiger partial charge in [-0.05, 0) is 30.0 Å². The summed E-state index contributed by atoms with van der Waals surface area (Å²) in [6.07, 6.45) is 0.450. The molecular weight excluding hydrogens is 195 g/mol. The van der Waals surface area contributed by atoms with Gasteiger partial charge in [0.25, 0.3) is 0 Å². The Morgan fingerprint density at radius 1 is 1.40 bits per heavy atom. The number of aliphatic hydroxyl groups is 1. The second kappa shape index (κ2) is 5.12. The third-order valence-electron chi connectivity index (χ3n) is 2.35. The molecule has 0 amide bonds. The molecule has 0 saturated heterocycles. The molecule has 1 rings (SSSR count). The van der Waals surface area contributed by atoms with Crippen molar-refractivity contribution in [1.29, 1.82) is 0 Å². The van der Waals surface area contributed by atoms with Gasteiger partial charge in [0.05, 0.1) is 7.11 Å². The van der Waals surface area contributed by atoms with E-state index in [0.717, 1.165) is 5.56 Å². The molecule has 0 atom stereocenters. The Morgan fingerprint density at radius 2 is 2.07 bits per heavy atom. The molecule has 0 aliphatic rings. The van der Waals surface area contributed by atoms with Crippen LogP contribution in [0.3, 0.4) is 0 Å². The van der Waals surface area contributed by atoms with Gasteiger partial charge in [0.15, 0.2) is 0 Å². The number of halogens is 1. The lowest BCUT2D eigenvalue weighted by Gasteiger charge is -2.14. The van der Waals surface area contributed by atoms with Crippen molar-refractivity contribution in [2.24, 2.45) is 0 Å². The minimum Gasteiger partial charge on any atom is -0.496 e.